The number of nitrogens with one attached hydrogen (secondary N) is 3. The molecule has 12 heteroatoms. The van der Waals surface area contributed by atoms with E-state index in [0.717, 1.165) is 41.8 Å². The lowest BCUT2D eigenvalue weighted by Gasteiger charge is -2.25. The van der Waals surface area contributed by atoms with Crippen LogP contribution in [0.3, 0.4) is 0 Å². The first kappa shape index (κ1) is 42.2. The van der Waals surface area contributed by atoms with Gasteiger partial charge in [0.05, 0.1) is 30.1 Å². The molecule has 5 rings (SSSR count). The number of hydrogen-bond acceptors (Lipinski definition) is 7. The first-order valence-electron chi connectivity index (χ1n) is 18.2. The van der Waals surface area contributed by atoms with Crippen molar-refractivity contribution in [1.82, 2.24) is 20.4 Å². The van der Waals surface area contributed by atoms with Crippen molar-refractivity contribution < 1.29 is 27.8 Å². The molecule has 0 aliphatic rings. The highest BCUT2D eigenvalue weighted by Gasteiger charge is 2.21. The third-order valence-electron chi connectivity index (χ3n) is 8.95. The second kappa shape index (κ2) is 21.3. The van der Waals surface area contributed by atoms with Gasteiger partial charge in [0.25, 0.3) is 0 Å². The Bertz CT molecular complexity index is 1850. The molecule has 0 aliphatic heterocycles. The van der Waals surface area contributed by atoms with Crippen LogP contribution in [-0.2, 0) is 45.8 Å². The number of hydrogen-bond donors (Lipinski definition) is 6. The molecular formula is C42H52F4N6O2. The molecule has 1 heterocycles. The van der Waals surface area contributed by atoms with Crippen LogP contribution in [0, 0.1) is 23.3 Å². The number of nitrogens with two attached hydrogens (primary N) is 1. The normalized spacial score (nSPS) is 13.4. The molecule has 8 nitrogen and oxygen atoms in total. The minimum atomic E-state index is -0.800. The van der Waals surface area contributed by atoms with Gasteiger partial charge in [-0.25, -0.2) is 17.6 Å². The first-order chi connectivity index (χ1) is 25.9. The summed E-state index contributed by atoms with van der Waals surface area (Å²) >= 11 is 0. The minimum absolute atomic E-state index is 0.211. The van der Waals surface area contributed by atoms with Crippen LogP contribution < -0.4 is 21.7 Å². The monoisotopic (exact) mass is 748 g/mol. The number of anilines is 1. The Kier molecular flexibility index (Phi) is 16.7. The van der Waals surface area contributed by atoms with Crippen molar-refractivity contribution >= 4 is 5.69 Å². The van der Waals surface area contributed by atoms with Gasteiger partial charge in [0.1, 0.15) is 23.3 Å². The highest BCUT2D eigenvalue weighted by atomic mass is 19.1. The third kappa shape index (κ3) is 14.3. The summed E-state index contributed by atoms with van der Waals surface area (Å²) in [7, 11) is 1.80. The molecule has 4 aromatic carbocycles. The Morgan fingerprint density at radius 1 is 0.648 bits per heavy atom. The van der Waals surface area contributed by atoms with Gasteiger partial charge in [-0.05, 0) is 83.3 Å². The number of rotatable bonds is 18. The topological polar surface area (TPSA) is 120 Å². The summed E-state index contributed by atoms with van der Waals surface area (Å²) in [6.07, 6.45) is 4.27. The largest absolute Gasteiger partial charge is 0.390 e. The predicted octanol–water partition coefficient (Wildman–Crippen LogP) is 5.98. The van der Waals surface area contributed by atoms with Crippen molar-refractivity contribution in [3.05, 3.63) is 154 Å². The van der Waals surface area contributed by atoms with Crippen LogP contribution in [0.25, 0.3) is 0 Å². The maximum absolute atomic E-state index is 13.6. The maximum Gasteiger partial charge on any atom is 0.126 e. The van der Waals surface area contributed by atoms with Gasteiger partial charge < -0.3 is 31.9 Å². The minimum Gasteiger partial charge on any atom is -0.390 e. The lowest BCUT2D eigenvalue weighted by atomic mass is 10.0. The van der Waals surface area contributed by atoms with Crippen molar-refractivity contribution in [2.24, 2.45) is 12.8 Å². The molecule has 0 saturated carbocycles. The molecule has 5 aromatic rings. The quantitative estimate of drug-likeness (QED) is 0.0611. The average Bonchev–Trinajstić information content (AvgIpc) is 3.55. The van der Waals surface area contributed by atoms with E-state index in [1.54, 1.807) is 24.1 Å². The summed E-state index contributed by atoms with van der Waals surface area (Å²) < 4.78 is 55.2. The number of aromatic nitrogens is 2. The van der Waals surface area contributed by atoms with E-state index in [4.69, 9.17) is 5.73 Å². The van der Waals surface area contributed by atoms with Gasteiger partial charge in [-0.1, -0.05) is 62.4 Å². The Morgan fingerprint density at radius 2 is 1.11 bits per heavy atom. The molecule has 0 radical (unpaired) electrons. The number of nitrogens with zero attached hydrogens (tertiary/aromatic N) is 2. The highest BCUT2D eigenvalue weighted by molar-refractivity contribution is 5.40. The molecule has 0 bridgehead atoms. The van der Waals surface area contributed by atoms with Crippen LogP contribution in [-0.4, -0.2) is 57.4 Å². The van der Waals surface area contributed by atoms with Crippen molar-refractivity contribution in [2.45, 2.75) is 76.9 Å². The average molecular weight is 749 g/mol. The molecule has 0 saturated heterocycles. The summed E-state index contributed by atoms with van der Waals surface area (Å²) in [6, 6.07) is 22.2. The molecule has 4 atom stereocenters. The van der Waals surface area contributed by atoms with Crippen molar-refractivity contribution in [1.29, 1.82) is 0 Å². The van der Waals surface area contributed by atoms with Gasteiger partial charge in [0.15, 0.2) is 0 Å². The van der Waals surface area contributed by atoms with E-state index in [2.05, 4.69) is 59.2 Å². The molecule has 0 aliphatic carbocycles. The second-order valence-corrected chi connectivity index (χ2v) is 13.5. The fourth-order valence-corrected chi connectivity index (χ4v) is 6.05. The number of aliphatic hydroxyl groups is 2. The van der Waals surface area contributed by atoms with Crippen LogP contribution in [0.1, 0.15) is 47.2 Å². The van der Waals surface area contributed by atoms with Gasteiger partial charge in [-0.3, -0.25) is 4.68 Å². The number of benzene rings is 4. The number of aliphatic hydroxyl groups excluding tert-OH is 2. The summed E-state index contributed by atoms with van der Waals surface area (Å²) in [6.45, 7) is 6.11. The summed E-state index contributed by atoms with van der Waals surface area (Å²) in [4.78, 5) is 0. The van der Waals surface area contributed by atoms with Crippen LogP contribution in [0.5, 0.6) is 0 Å². The standard InChI is InChI=1S/C23H28F2N4O.C19H24F2N2O/c1-3-16-5-4-6-17(7-16)12-26-14-23(30)22(28-21-13-27-29(2)15-21)10-18-8-19(24)11-20(25)9-18;1-2-13-4-3-5-14(6-13)11-23-12-19(24)18(22)9-15-7-16(20)10-17(21)8-15/h4-9,11,13,15,22-23,26,28,30H,3,10,12,14H2,1-2H3;3-8,10,18-19,23-24H,2,9,11-12,22H2,1H3/t22-,23+;18-,19+/m00/s1. The summed E-state index contributed by atoms with van der Waals surface area (Å²) in [5, 5.41) is 34.7. The molecule has 1 aromatic heterocycles. The van der Waals surface area contributed by atoms with Gasteiger partial charge in [-0.15, -0.1) is 0 Å². The van der Waals surface area contributed by atoms with Crippen molar-refractivity contribution in [2.75, 3.05) is 18.4 Å². The van der Waals surface area contributed by atoms with Crippen LogP contribution in [0.2, 0.25) is 0 Å². The molecule has 290 valence electrons. The first-order valence-corrected chi connectivity index (χ1v) is 18.2. The van der Waals surface area contributed by atoms with Crippen molar-refractivity contribution in [3.8, 4) is 0 Å². The molecule has 0 fully saturated rings. The van der Waals surface area contributed by atoms with Crippen LogP contribution in [0.4, 0.5) is 23.2 Å². The molecule has 0 spiro atoms. The predicted molar refractivity (Wildman–Crippen MR) is 206 cm³/mol. The molecule has 7 N–H and O–H groups in total. The molecule has 0 unspecified atom stereocenters. The Hall–Kier alpha value is -4.59. The Labute approximate surface area is 315 Å². The van der Waals surface area contributed by atoms with Gasteiger partial charge in [0, 0.05) is 57.6 Å². The number of aryl methyl sites for hydroxylation is 3. The zero-order chi connectivity index (χ0) is 39.0. The fraction of sp³-hybridized carbons (Fsp3) is 0.357. The van der Waals surface area contributed by atoms with E-state index in [-0.39, 0.29) is 12.8 Å². The van der Waals surface area contributed by atoms with E-state index in [0.29, 0.717) is 37.3 Å². The lowest BCUT2D eigenvalue weighted by molar-refractivity contribution is 0.141. The molecule has 54 heavy (non-hydrogen) atoms. The Morgan fingerprint density at radius 3 is 1.57 bits per heavy atom. The van der Waals surface area contributed by atoms with E-state index in [1.807, 2.05) is 24.3 Å². The van der Waals surface area contributed by atoms with Crippen LogP contribution >= 0.6 is 0 Å². The van der Waals surface area contributed by atoms with E-state index < -0.39 is 47.6 Å². The zero-order valence-electron chi connectivity index (χ0n) is 31.1. The van der Waals surface area contributed by atoms with Gasteiger partial charge in [0.2, 0.25) is 0 Å². The lowest BCUT2D eigenvalue weighted by Crippen LogP contribution is -2.43. The van der Waals surface area contributed by atoms with E-state index >= 15 is 0 Å². The van der Waals surface area contributed by atoms with Gasteiger partial charge >= 0.3 is 0 Å². The van der Waals surface area contributed by atoms with E-state index in [1.165, 1.54) is 35.4 Å². The second-order valence-electron chi connectivity index (χ2n) is 13.5. The Balaban J connectivity index is 0.000000247. The highest BCUT2D eigenvalue weighted by Crippen LogP contribution is 2.16. The van der Waals surface area contributed by atoms with E-state index in [9.17, 15) is 27.8 Å². The third-order valence-corrected chi connectivity index (χ3v) is 8.95. The smallest absolute Gasteiger partial charge is 0.126 e. The summed E-state index contributed by atoms with van der Waals surface area (Å²) in [5.41, 5.74) is 12.4. The zero-order valence-corrected chi connectivity index (χ0v) is 31.1. The van der Waals surface area contributed by atoms with Gasteiger partial charge in [-0.2, -0.15) is 5.10 Å². The summed E-state index contributed by atoms with van der Waals surface area (Å²) in [5.74, 6) is -2.54. The fourth-order valence-electron chi connectivity index (χ4n) is 6.05. The number of halogens is 4. The molecule has 0 amide bonds. The molecular weight excluding hydrogens is 696 g/mol. The van der Waals surface area contributed by atoms with Crippen molar-refractivity contribution in [3.63, 3.8) is 0 Å². The maximum atomic E-state index is 13.6. The van der Waals surface area contributed by atoms with Crippen LogP contribution in [0.15, 0.2) is 97.3 Å². The SMILES string of the molecule is CCc1cccc(CNC[C@@H](O)[C@@H](N)Cc2cc(F)cc(F)c2)c1.CCc1cccc(CNC[C@@H](O)[C@H](Cc2cc(F)cc(F)c2)Nc2cnn(C)c2)c1.